The average Bonchev–Trinajstić information content (AvgIpc) is 3.19. The second-order valence-electron chi connectivity index (χ2n) is 6.98. The van der Waals surface area contributed by atoms with Gasteiger partial charge in [0.1, 0.15) is 5.69 Å². The second kappa shape index (κ2) is 9.08. The van der Waals surface area contributed by atoms with E-state index in [1.54, 1.807) is 0 Å². The largest absolute Gasteiger partial charge is 0.330 e. The van der Waals surface area contributed by atoms with Gasteiger partial charge in [-0.1, -0.05) is 54.5 Å². The van der Waals surface area contributed by atoms with Gasteiger partial charge in [0.15, 0.2) is 0 Å². The van der Waals surface area contributed by atoms with Crippen molar-refractivity contribution in [2.75, 3.05) is 11.9 Å². The number of nitrogens with one attached hydrogen (secondary N) is 2. The molecular formula is C25H22N4O. The third-order valence-corrected chi connectivity index (χ3v) is 4.90. The van der Waals surface area contributed by atoms with Gasteiger partial charge < -0.3 is 11.1 Å². The Hall–Kier alpha value is -3.88. The molecule has 3 aromatic carbocycles. The Morgan fingerprint density at radius 1 is 1.00 bits per heavy atom. The van der Waals surface area contributed by atoms with Gasteiger partial charge in [-0.3, -0.25) is 9.89 Å². The molecule has 0 spiro atoms. The van der Waals surface area contributed by atoms with Crippen LogP contribution in [0.4, 0.5) is 5.69 Å². The maximum Gasteiger partial charge on any atom is 0.231 e. The Bertz CT molecular complexity index is 1200. The monoisotopic (exact) mass is 394 g/mol. The summed E-state index contributed by atoms with van der Waals surface area (Å²) in [6, 6.07) is 25.1. The second-order valence-corrected chi connectivity index (χ2v) is 6.98. The molecule has 1 atom stereocenters. The van der Waals surface area contributed by atoms with E-state index in [2.05, 4.69) is 27.4 Å². The Morgan fingerprint density at radius 2 is 1.73 bits per heavy atom. The summed E-state index contributed by atoms with van der Waals surface area (Å²) in [7, 11) is 0. The van der Waals surface area contributed by atoms with E-state index in [1.807, 2.05) is 78.9 Å². The molecule has 5 nitrogen and oxygen atoms in total. The number of nitrogens with zero attached hydrogens (tertiary/aromatic N) is 1. The summed E-state index contributed by atoms with van der Waals surface area (Å²) in [5, 5.41) is 11.2. The maximum atomic E-state index is 13.0. The quantitative estimate of drug-likeness (QED) is 0.447. The first-order chi connectivity index (χ1) is 14.7. The molecule has 4 rings (SSSR count). The first-order valence-electron chi connectivity index (χ1n) is 9.85. The van der Waals surface area contributed by atoms with Gasteiger partial charge in [-0.05, 0) is 54.8 Å². The Balaban J connectivity index is 1.59. The van der Waals surface area contributed by atoms with E-state index in [0.29, 0.717) is 24.3 Å². The lowest BCUT2D eigenvalue weighted by molar-refractivity contribution is -0.117. The molecule has 0 bridgehead atoms. The van der Waals surface area contributed by atoms with Crippen molar-refractivity contribution in [3.8, 4) is 11.8 Å². The highest BCUT2D eigenvalue weighted by Crippen LogP contribution is 2.24. The van der Waals surface area contributed by atoms with Crippen molar-refractivity contribution in [1.82, 2.24) is 10.2 Å². The zero-order valence-electron chi connectivity index (χ0n) is 16.4. The van der Waals surface area contributed by atoms with E-state index >= 15 is 0 Å². The fraction of sp³-hybridized carbons (Fsp3) is 0.120. The molecule has 1 heterocycles. The molecule has 1 amide bonds. The third-order valence-electron chi connectivity index (χ3n) is 4.90. The molecule has 5 heteroatoms. The number of aromatic nitrogens is 2. The van der Waals surface area contributed by atoms with Gasteiger partial charge in [0.25, 0.3) is 0 Å². The normalized spacial score (nSPS) is 11.5. The first kappa shape index (κ1) is 19.4. The van der Waals surface area contributed by atoms with Crippen LogP contribution in [0.3, 0.4) is 0 Å². The summed E-state index contributed by atoms with van der Waals surface area (Å²) in [5.74, 6) is 5.89. The molecule has 0 saturated carbocycles. The summed E-state index contributed by atoms with van der Waals surface area (Å²) in [6.45, 7) is 0.437. The van der Waals surface area contributed by atoms with E-state index < -0.39 is 0 Å². The van der Waals surface area contributed by atoms with Crippen LogP contribution < -0.4 is 11.1 Å². The summed E-state index contributed by atoms with van der Waals surface area (Å²) in [6.07, 6.45) is 0.581. The molecule has 0 fully saturated rings. The Labute approximate surface area is 175 Å². The third kappa shape index (κ3) is 4.40. The topological polar surface area (TPSA) is 83.8 Å². The lowest BCUT2D eigenvalue weighted by atomic mass is 9.94. The molecule has 0 aliphatic heterocycles. The van der Waals surface area contributed by atoms with E-state index in [4.69, 9.17) is 5.73 Å². The van der Waals surface area contributed by atoms with Crippen LogP contribution in [0, 0.1) is 11.8 Å². The summed E-state index contributed by atoms with van der Waals surface area (Å²) >= 11 is 0. The molecule has 1 unspecified atom stereocenters. The van der Waals surface area contributed by atoms with Crippen LogP contribution in [0.1, 0.15) is 29.2 Å². The minimum Gasteiger partial charge on any atom is -0.330 e. The van der Waals surface area contributed by atoms with Crippen LogP contribution in [0.2, 0.25) is 0 Å². The fourth-order valence-corrected chi connectivity index (χ4v) is 3.37. The van der Waals surface area contributed by atoms with Gasteiger partial charge in [-0.25, -0.2) is 0 Å². The molecule has 1 aromatic heterocycles. The summed E-state index contributed by atoms with van der Waals surface area (Å²) in [4.78, 5) is 13.0. The standard InChI is InChI=1S/C25H22N4O/c26-16-15-21(19-9-5-2-6-10-19)25(30)27-20-12-14-24-22(17-20)23(28-29-24)13-11-18-7-3-1-4-8-18/h1-10,12,14,17,21H,15-16,26H2,(H,27,30)(H,28,29). The van der Waals surface area contributed by atoms with Crippen LogP contribution >= 0.6 is 0 Å². The Kier molecular flexibility index (Phi) is 5.88. The highest BCUT2D eigenvalue weighted by molar-refractivity contribution is 5.98. The van der Waals surface area contributed by atoms with Gasteiger partial charge in [0, 0.05) is 16.6 Å². The average molecular weight is 394 g/mol. The number of benzene rings is 3. The number of aromatic amines is 1. The molecule has 0 aliphatic carbocycles. The number of anilines is 1. The van der Waals surface area contributed by atoms with Crippen LogP contribution in [-0.2, 0) is 4.79 Å². The number of nitrogens with two attached hydrogens (primary N) is 1. The van der Waals surface area contributed by atoms with E-state index in [9.17, 15) is 4.79 Å². The highest BCUT2D eigenvalue weighted by atomic mass is 16.1. The minimum atomic E-state index is -0.298. The number of hydrogen-bond donors (Lipinski definition) is 3. The predicted molar refractivity (Wildman–Crippen MR) is 120 cm³/mol. The van der Waals surface area contributed by atoms with E-state index in [0.717, 1.165) is 22.0 Å². The molecule has 148 valence electrons. The van der Waals surface area contributed by atoms with Crippen molar-refractivity contribution in [3.05, 3.63) is 95.7 Å². The number of carbonyl (C=O) groups excluding carboxylic acids is 1. The molecule has 30 heavy (non-hydrogen) atoms. The van der Waals surface area contributed by atoms with Crippen LogP contribution in [0.15, 0.2) is 78.9 Å². The van der Waals surface area contributed by atoms with Gasteiger partial charge in [-0.15, -0.1) is 0 Å². The number of amides is 1. The molecule has 4 aromatic rings. The SMILES string of the molecule is NCCC(C(=O)Nc1ccc2n[nH]c(C#Cc3ccccc3)c2c1)c1ccccc1. The zero-order valence-corrected chi connectivity index (χ0v) is 16.4. The lowest BCUT2D eigenvalue weighted by Crippen LogP contribution is -2.23. The maximum absolute atomic E-state index is 13.0. The first-order valence-corrected chi connectivity index (χ1v) is 9.85. The van der Waals surface area contributed by atoms with Gasteiger partial charge in [0.05, 0.1) is 11.4 Å². The number of fused-ring (bicyclic) bond motifs is 1. The van der Waals surface area contributed by atoms with Gasteiger partial charge in [-0.2, -0.15) is 5.10 Å². The highest BCUT2D eigenvalue weighted by Gasteiger charge is 2.20. The van der Waals surface area contributed by atoms with Crippen molar-refractivity contribution in [3.63, 3.8) is 0 Å². The van der Waals surface area contributed by atoms with Gasteiger partial charge in [0.2, 0.25) is 5.91 Å². The van der Waals surface area contributed by atoms with Crippen molar-refractivity contribution in [2.24, 2.45) is 5.73 Å². The van der Waals surface area contributed by atoms with Crippen molar-refractivity contribution in [1.29, 1.82) is 0 Å². The summed E-state index contributed by atoms with van der Waals surface area (Å²) < 4.78 is 0. The van der Waals surface area contributed by atoms with E-state index in [1.165, 1.54) is 0 Å². The van der Waals surface area contributed by atoms with Crippen LogP contribution in [0.5, 0.6) is 0 Å². The zero-order chi connectivity index (χ0) is 20.8. The van der Waals surface area contributed by atoms with E-state index in [-0.39, 0.29) is 11.8 Å². The fourth-order valence-electron chi connectivity index (χ4n) is 3.37. The number of hydrogen-bond acceptors (Lipinski definition) is 3. The summed E-state index contributed by atoms with van der Waals surface area (Å²) in [5.41, 5.74) is 9.85. The van der Waals surface area contributed by atoms with Crippen LogP contribution in [-0.4, -0.2) is 22.6 Å². The minimum absolute atomic E-state index is 0.0774. The molecule has 4 N–H and O–H groups in total. The molecule has 0 saturated heterocycles. The van der Waals surface area contributed by atoms with Crippen molar-refractivity contribution in [2.45, 2.75) is 12.3 Å². The molecule has 0 aliphatic rings. The number of rotatable bonds is 5. The van der Waals surface area contributed by atoms with Gasteiger partial charge >= 0.3 is 0 Å². The molecular weight excluding hydrogens is 372 g/mol. The Morgan fingerprint density at radius 3 is 2.47 bits per heavy atom. The predicted octanol–water partition coefficient (Wildman–Crippen LogP) is 4.03. The smallest absolute Gasteiger partial charge is 0.231 e. The van der Waals surface area contributed by atoms with Crippen LogP contribution in [0.25, 0.3) is 10.9 Å². The lowest BCUT2D eigenvalue weighted by Gasteiger charge is -2.16. The number of H-pyrrole nitrogens is 1. The van der Waals surface area contributed by atoms with Crippen molar-refractivity contribution >= 4 is 22.5 Å². The van der Waals surface area contributed by atoms with Crippen molar-refractivity contribution < 1.29 is 4.79 Å². The number of carbonyl (C=O) groups is 1. The molecule has 0 radical (unpaired) electrons.